The van der Waals surface area contributed by atoms with E-state index in [9.17, 15) is 14.7 Å². The fraction of sp³-hybridized carbons (Fsp3) is 0.400. The van der Waals surface area contributed by atoms with Gasteiger partial charge < -0.3 is 25.2 Å². The van der Waals surface area contributed by atoms with Crippen LogP contribution in [-0.4, -0.2) is 54.5 Å². The van der Waals surface area contributed by atoms with Crippen LogP contribution < -0.4 is 25.5 Å². The molecule has 2 amide bonds. The molecule has 4 N–H and O–H groups in total. The van der Waals surface area contributed by atoms with Gasteiger partial charge in [-0.25, -0.2) is 5.43 Å². The minimum atomic E-state index is -0.593. The minimum Gasteiger partial charge on any atom is -0.491 e. The molecule has 1 heterocycles. The fourth-order valence-corrected chi connectivity index (χ4v) is 3.44. The summed E-state index contributed by atoms with van der Waals surface area (Å²) in [6.07, 6.45) is 0.323. The van der Waals surface area contributed by atoms with Crippen LogP contribution in [-0.2, 0) is 16.1 Å². The third kappa shape index (κ3) is 8.86. The number of ether oxygens (including phenoxy) is 2. The number of nitrogens with one attached hydrogen (secondary N) is 3. The Hall–Kier alpha value is -3.14. The lowest BCUT2D eigenvalue weighted by molar-refractivity contribution is -0.123. The van der Waals surface area contributed by atoms with Crippen LogP contribution in [0.1, 0.15) is 37.8 Å². The summed E-state index contributed by atoms with van der Waals surface area (Å²) in [5.41, 5.74) is 4.89. The summed E-state index contributed by atoms with van der Waals surface area (Å²) in [6.45, 7) is 4.85. The van der Waals surface area contributed by atoms with Gasteiger partial charge in [0.1, 0.15) is 24.2 Å². The molecular formula is C25H31ClN4O5. The standard InChI is InChI=1S/C25H31ClN4O5/c1-16(2)27-13-19(31)14-34-20-6-3-17(4-7-20)12-28-25(33)15-35-23-9-5-18(11-21(23)26)22-8-10-24(32)30-29-22/h3-7,9,11,16,19,27,31H,8,10,12-15H2,1-2H3,(H,28,33)(H,30,32). The molecule has 0 fully saturated rings. The molecule has 1 aliphatic heterocycles. The lowest BCUT2D eigenvalue weighted by Crippen LogP contribution is -2.35. The van der Waals surface area contributed by atoms with Crippen molar-refractivity contribution in [3.05, 3.63) is 58.6 Å². The first-order valence-electron chi connectivity index (χ1n) is 11.5. The van der Waals surface area contributed by atoms with Crippen LogP contribution in [0.4, 0.5) is 0 Å². The molecule has 2 aromatic carbocycles. The highest BCUT2D eigenvalue weighted by Gasteiger charge is 2.15. The Bertz CT molecular complexity index is 1040. The lowest BCUT2D eigenvalue weighted by atomic mass is 10.0. The van der Waals surface area contributed by atoms with Crippen LogP contribution in [0, 0.1) is 0 Å². The van der Waals surface area contributed by atoms with Gasteiger partial charge in [-0.05, 0) is 41.5 Å². The molecule has 0 saturated carbocycles. The highest BCUT2D eigenvalue weighted by Crippen LogP contribution is 2.26. The molecule has 1 aliphatic rings. The predicted octanol–water partition coefficient (Wildman–Crippen LogP) is 2.39. The van der Waals surface area contributed by atoms with Crippen molar-refractivity contribution in [2.75, 3.05) is 19.8 Å². The molecular weight excluding hydrogens is 472 g/mol. The number of benzene rings is 2. The Labute approximate surface area is 209 Å². The summed E-state index contributed by atoms with van der Waals surface area (Å²) < 4.78 is 11.1. The summed E-state index contributed by atoms with van der Waals surface area (Å²) in [5.74, 6) is 0.635. The summed E-state index contributed by atoms with van der Waals surface area (Å²) in [6, 6.07) is 12.8. The fourth-order valence-electron chi connectivity index (χ4n) is 3.20. The molecule has 35 heavy (non-hydrogen) atoms. The van der Waals surface area contributed by atoms with E-state index in [1.54, 1.807) is 30.3 Å². The molecule has 0 spiro atoms. The van der Waals surface area contributed by atoms with E-state index in [0.29, 0.717) is 48.5 Å². The summed E-state index contributed by atoms with van der Waals surface area (Å²) in [4.78, 5) is 23.4. The molecule has 0 saturated heterocycles. The normalized spacial score (nSPS) is 14.2. The molecule has 0 aliphatic carbocycles. The average molecular weight is 503 g/mol. The van der Waals surface area contributed by atoms with Gasteiger partial charge >= 0.3 is 0 Å². The second kappa shape index (κ2) is 13.1. The van der Waals surface area contributed by atoms with Gasteiger partial charge in [0.25, 0.3) is 5.91 Å². The number of amides is 2. The van der Waals surface area contributed by atoms with Crippen LogP contribution in [0.2, 0.25) is 5.02 Å². The SMILES string of the molecule is CC(C)NCC(O)COc1ccc(CNC(=O)COc2ccc(C3=NNC(=O)CC3)cc2Cl)cc1. The molecule has 0 radical (unpaired) electrons. The van der Waals surface area contributed by atoms with Crippen molar-refractivity contribution in [3.63, 3.8) is 0 Å². The van der Waals surface area contributed by atoms with E-state index in [2.05, 4.69) is 21.2 Å². The summed E-state index contributed by atoms with van der Waals surface area (Å²) in [7, 11) is 0. The largest absolute Gasteiger partial charge is 0.491 e. The van der Waals surface area contributed by atoms with E-state index < -0.39 is 6.10 Å². The Morgan fingerprint density at radius 2 is 1.94 bits per heavy atom. The van der Waals surface area contributed by atoms with Crippen LogP contribution >= 0.6 is 11.6 Å². The van der Waals surface area contributed by atoms with Crippen molar-refractivity contribution >= 4 is 29.1 Å². The monoisotopic (exact) mass is 502 g/mol. The van der Waals surface area contributed by atoms with Gasteiger partial charge in [0.2, 0.25) is 5.91 Å². The third-order valence-electron chi connectivity index (χ3n) is 5.15. The average Bonchev–Trinajstić information content (AvgIpc) is 2.85. The van der Waals surface area contributed by atoms with Crippen LogP contribution in [0.25, 0.3) is 0 Å². The van der Waals surface area contributed by atoms with Gasteiger partial charge in [-0.3, -0.25) is 9.59 Å². The van der Waals surface area contributed by atoms with E-state index in [4.69, 9.17) is 21.1 Å². The molecule has 188 valence electrons. The Kier molecular flexibility index (Phi) is 9.89. The lowest BCUT2D eigenvalue weighted by Gasteiger charge is -2.15. The van der Waals surface area contributed by atoms with Gasteiger partial charge in [-0.2, -0.15) is 5.10 Å². The summed E-state index contributed by atoms with van der Waals surface area (Å²) >= 11 is 6.29. The van der Waals surface area contributed by atoms with Crippen LogP contribution in [0.15, 0.2) is 47.6 Å². The number of rotatable bonds is 12. The predicted molar refractivity (Wildman–Crippen MR) is 134 cm³/mol. The number of carbonyl (C=O) groups is 2. The van der Waals surface area contributed by atoms with Crippen LogP contribution in [0.3, 0.4) is 0 Å². The van der Waals surface area contributed by atoms with E-state index in [-0.39, 0.29) is 25.0 Å². The molecule has 10 heteroatoms. The number of hydrogen-bond donors (Lipinski definition) is 4. The topological polar surface area (TPSA) is 121 Å². The summed E-state index contributed by atoms with van der Waals surface area (Å²) in [5, 5.41) is 20.3. The van der Waals surface area contributed by atoms with Crippen molar-refractivity contribution in [2.45, 2.75) is 45.4 Å². The number of aliphatic hydroxyl groups is 1. The highest BCUT2D eigenvalue weighted by molar-refractivity contribution is 6.32. The van der Waals surface area contributed by atoms with Crippen molar-refractivity contribution in [1.29, 1.82) is 0 Å². The van der Waals surface area contributed by atoms with Crippen molar-refractivity contribution in [2.24, 2.45) is 5.10 Å². The van der Waals surface area contributed by atoms with Crippen molar-refractivity contribution in [3.8, 4) is 11.5 Å². The number of halogens is 1. The molecule has 1 unspecified atom stereocenters. The third-order valence-corrected chi connectivity index (χ3v) is 5.44. The van der Waals surface area contributed by atoms with Gasteiger partial charge in [0.15, 0.2) is 6.61 Å². The molecule has 3 rings (SSSR count). The van der Waals surface area contributed by atoms with Crippen molar-refractivity contribution in [1.82, 2.24) is 16.1 Å². The maximum absolute atomic E-state index is 12.2. The van der Waals surface area contributed by atoms with E-state index in [0.717, 1.165) is 16.8 Å². The molecule has 9 nitrogen and oxygen atoms in total. The Morgan fingerprint density at radius 3 is 2.60 bits per heavy atom. The highest BCUT2D eigenvalue weighted by atomic mass is 35.5. The zero-order valence-corrected chi connectivity index (χ0v) is 20.6. The number of hydrazone groups is 1. The zero-order chi connectivity index (χ0) is 25.2. The zero-order valence-electron chi connectivity index (χ0n) is 19.8. The maximum Gasteiger partial charge on any atom is 0.258 e. The van der Waals surface area contributed by atoms with Gasteiger partial charge in [0.05, 0.1) is 10.7 Å². The van der Waals surface area contributed by atoms with E-state index in [1.807, 2.05) is 26.0 Å². The number of aliphatic hydroxyl groups excluding tert-OH is 1. The number of hydrogen-bond acceptors (Lipinski definition) is 7. The Balaban J connectivity index is 1.40. The van der Waals surface area contributed by atoms with Crippen LogP contribution in [0.5, 0.6) is 11.5 Å². The quantitative estimate of drug-likeness (QED) is 0.353. The van der Waals surface area contributed by atoms with E-state index >= 15 is 0 Å². The smallest absolute Gasteiger partial charge is 0.258 e. The first-order chi connectivity index (χ1) is 16.8. The number of nitrogens with zero attached hydrogens (tertiary/aromatic N) is 1. The van der Waals surface area contributed by atoms with Gasteiger partial charge in [-0.15, -0.1) is 0 Å². The molecule has 1 atom stereocenters. The minimum absolute atomic E-state index is 0.111. The molecule has 0 aromatic heterocycles. The number of carbonyl (C=O) groups excluding carboxylic acids is 2. The molecule has 0 bridgehead atoms. The van der Waals surface area contributed by atoms with Gasteiger partial charge in [-0.1, -0.05) is 37.6 Å². The second-order valence-corrected chi connectivity index (χ2v) is 8.88. The first kappa shape index (κ1) is 26.5. The first-order valence-corrected chi connectivity index (χ1v) is 11.9. The maximum atomic E-state index is 12.2. The van der Waals surface area contributed by atoms with Crippen molar-refractivity contribution < 1.29 is 24.2 Å². The van der Waals surface area contributed by atoms with E-state index in [1.165, 1.54) is 0 Å². The molecule has 2 aromatic rings. The second-order valence-electron chi connectivity index (χ2n) is 8.48. The van der Waals surface area contributed by atoms with Gasteiger partial charge in [0, 0.05) is 32.0 Å². The Morgan fingerprint density at radius 1 is 1.17 bits per heavy atom.